The van der Waals surface area contributed by atoms with Crippen LogP contribution in [0.25, 0.3) is 10.9 Å². The number of hydrogen-bond donors (Lipinski definition) is 0. The molecule has 3 nitrogen and oxygen atoms in total. The molecule has 1 aromatic carbocycles. The molecular formula is C12H15LiN2O. The minimum atomic E-state index is 0. The van der Waals surface area contributed by atoms with Crippen LogP contribution in [0.4, 0.5) is 0 Å². The summed E-state index contributed by atoms with van der Waals surface area (Å²) in [6.45, 7) is 0.843. The standard InChI is InChI=1S/C12H15N2O.Li/c1-13(2)9-14-7-6-10-8-11(15-3)4-5-12(10)14;/h4-6,8H,9H2,1-3H3;/q-1;+1. The zero-order valence-corrected chi connectivity index (χ0v) is 10.3. The monoisotopic (exact) mass is 210 g/mol. The van der Waals surface area contributed by atoms with E-state index in [1.807, 2.05) is 32.3 Å². The van der Waals surface area contributed by atoms with Crippen molar-refractivity contribution in [3.05, 3.63) is 30.5 Å². The van der Waals surface area contributed by atoms with E-state index >= 15 is 0 Å². The fraction of sp³-hybridized carbons (Fsp3) is 0.333. The van der Waals surface area contributed by atoms with Crippen LogP contribution >= 0.6 is 0 Å². The van der Waals surface area contributed by atoms with E-state index in [1.54, 1.807) is 7.11 Å². The van der Waals surface area contributed by atoms with Gasteiger partial charge < -0.3 is 9.30 Å². The molecule has 80 valence electrons. The maximum atomic E-state index is 5.18. The first-order valence-electron chi connectivity index (χ1n) is 4.90. The van der Waals surface area contributed by atoms with Crippen molar-refractivity contribution in [1.29, 1.82) is 0 Å². The predicted octanol–water partition coefficient (Wildman–Crippen LogP) is -1.03. The Morgan fingerprint density at radius 1 is 1.38 bits per heavy atom. The van der Waals surface area contributed by atoms with Crippen molar-refractivity contribution >= 4 is 10.9 Å². The van der Waals surface area contributed by atoms with Gasteiger partial charge in [0.25, 0.3) is 0 Å². The van der Waals surface area contributed by atoms with Crippen molar-refractivity contribution < 1.29 is 23.6 Å². The van der Waals surface area contributed by atoms with Crippen LogP contribution in [0.15, 0.2) is 24.3 Å². The van der Waals surface area contributed by atoms with Crippen molar-refractivity contribution in [2.45, 2.75) is 6.67 Å². The maximum absolute atomic E-state index is 5.18. The molecule has 0 aliphatic heterocycles. The minimum absolute atomic E-state index is 0. The number of aromatic nitrogens is 1. The van der Waals surface area contributed by atoms with Gasteiger partial charge in [-0.1, -0.05) is 6.07 Å². The Morgan fingerprint density at radius 2 is 2.12 bits per heavy atom. The second-order valence-corrected chi connectivity index (χ2v) is 3.85. The Bertz CT molecular complexity index is 465. The third-order valence-corrected chi connectivity index (χ3v) is 2.33. The molecule has 2 rings (SSSR count). The molecule has 0 saturated heterocycles. The second-order valence-electron chi connectivity index (χ2n) is 3.85. The first-order valence-corrected chi connectivity index (χ1v) is 4.90. The summed E-state index contributed by atoms with van der Waals surface area (Å²) in [6.07, 6.45) is 3.22. The van der Waals surface area contributed by atoms with Gasteiger partial charge in [-0.3, -0.25) is 4.90 Å². The van der Waals surface area contributed by atoms with E-state index < -0.39 is 0 Å². The Kier molecular flexibility index (Phi) is 4.49. The molecule has 4 heteroatoms. The van der Waals surface area contributed by atoms with Gasteiger partial charge in [0.2, 0.25) is 0 Å². The van der Waals surface area contributed by atoms with Gasteiger partial charge in [-0.2, -0.15) is 11.5 Å². The summed E-state index contributed by atoms with van der Waals surface area (Å²) in [5.41, 5.74) is 1.18. The van der Waals surface area contributed by atoms with E-state index in [4.69, 9.17) is 4.74 Å². The topological polar surface area (TPSA) is 17.4 Å². The number of rotatable bonds is 3. The van der Waals surface area contributed by atoms with Crippen molar-refractivity contribution in [3.63, 3.8) is 0 Å². The molecule has 2 aromatic rings. The molecule has 0 bridgehead atoms. The van der Waals surface area contributed by atoms with Crippen molar-refractivity contribution in [1.82, 2.24) is 9.47 Å². The number of ether oxygens (including phenoxy) is 1. The Balaban J connectivity index is 0.00000128. The third-order valence-electron chi connectivity index (χ3n) is 2.33. The SMILES string of the molecule is COc1ccc2c(c[c-]n2CN(C)C)c1.[Li+]. The third kappa shape index (κ3) is 2.62. The number of hydrogen-bond acceptors (Lipinski definition) is 2. The molecule has 0 aliphatic rings. The van der Waals surface area contributed by atoms with E-state index in [0.717, 1.165) is 17.8 Å². The maximum Gasteiger partial charge on any atom is 1.00 e. The Morgan fingerprint density at radius 3 is 2.75 bits per heavy atom. The van der Waals surface area contributed by atoms with Gasteiger partial charge in [0, 0.05) is 0 Å². The Labute approximate surface area is 108 Å². The number of nitrogens with zero attached hydrogens (tertiary/aromatic N) is 2. The molecule has 0 aliphatic carbocycles. The molecular weight excluding hydrogens is 195 g/mol. The molecule has 0 unspecified atom stereocenters. The number of methoxy groups -OCH3 is 1. The fourth-order valence-electron chi connectivity index (χ4n) is 1.64. The predicted molar refractivity (Wildman–Crippen MR) is 61.0 cm³/mol. The normalized spacial score (nSPS) is 10.5. The molecule has 0 spiro atoms. The quantitative estimate of drug-likeness (QED) is 0.476. The molecule has 1 heterocycles. The summed E-state index contributed by atoms with van der Waals surface area (Å²) >= 11 is 0. The molecule has 16 heavy (non-hydrogen) atoms. The van der Waals surface area contributed by atoms with E-state index in [9.17, 15) is 0 Å². The molecule has 0 radical (unpaired) electrons. The van der Waals surface area contributed by atoms with E-state index in [1.165, 1.54) is 5.52 Å². The van der Waals surface area contributed by atoms with E-state index in [-0.39, 0.29) is 18.9 Å². The van der Waals surface area contributed by atoms with Gasteiger partial charge in [-0.05, 0) is 20.2 Å². The number of fused-ring (bicyclic) bond motifs is 1. The number of benzene rings is 1. The van der Waals surface area contributed by atoms with Crippen molar-refractivity contribution in [2.75, 3.05) is 21.2 Å². The zero-order chi connectivity index (χ0) is 10.8. The summed E-state index contributed by atoms with van der Waals surface area (Å²) in [5, 5.41) is 1.16. The van der Waals surface area contributed by atoms with Gasteiger partial charge in [0.15, 0.2) is 0 Å². The zero-order valence-electron chi connectivity index (χ0n) is 10.3. The summed E-state index contributed by atoms with van der Waals surface area (Å²) in [7, 11) is 5.77. The first kappa shape index (κ1) is 13.2. The molecule has 0 fully saturated rings. The molecule has 0 saturated carbocycles. The van der Waals surface area contributed by atoms with Crippen LogP contribution in [-0.4, -0.2) is 30.7 Å². The van der Waals surface area contributed by atoms with Crippen LogP contribution in [-0.2, 0) is 6.67 Å². The van der Waals surface area contributed by atoms with Crippen LogP contribution in [0.1, 0.15) is 0 Å². The second kappa shape index (κ2) is 5.45. The van der Waals surface area contributed by atoms with Crippen LogP contribution in [0, 0.1) is 6.20 Å². The van der Waals surface area contributed by atoms with Crippen LogP contribution < -0.4 is 23.6 Å². The fourth-order valence-corrected chi connectivity index (χ4v) is 1.64. The van der Waals surface area contributed by atoms with E-state index in [0.29, 0.717) is 0 Å². The van der Waals surface area contributed by atoms with E-state index in [2.05, 4.69) is 21.7 Å². The smallest absolute Gasteiger partial charge is 0.498 e. The molecule has 0 N–H and O–H groups in total. The van der Waals surface area contributed by atoms with Gasteiger partial charge in [-0.15, -0.1) is 17.8 Å². The summed E-state index contributed by atoms with van der Waals surface area (Å²) in [5.74, 6) is 0.888. The summed E-state index contributed by atoms with van der Waals surface area (Å²) < 4.78 is 7.27. The van der Waals surface area contributed by atoms with Crippen LogP contribution in [0.3, 0.4) is 0 Å². The molecule has 0 amide bonds. The Hall–Kier alpha value is -0.883. The minimum Gasteiger partial charge on any atom is -0.498 e. The van der Waals surface area contributed by atoms with Crippen LogP contribution in [0.5, 0.6) is 5.75 Å². The largest absolute Gasteiger partial charge is 1.00 e. The van der Waals surface area contributed by atoms with Crippen molar-refractivity contribution in [3.8, 4) is 5.75 Å². The van der Waals surface area contributed by atoms with Gasteiger partial charge in [0.05, 0.1) is 13.8 Å². The van der Waals surface area contributed by atoms with Gasteiger partial charge in [-0.25, -0.2) is 0 Å². The summed E-state index contributed by atoms with van der Waals surface area (Å²) in [6, 6.07) is 8.05. The average Bonchev–Trinajstić information content (AvgIpc) is 2.60. The first-order chi connectivity index (χ1) is 7.20. The van der Waals surface area contributed by atoms with Crippen molar-refractivity contribution in [2.24, 2.45) is 0 Å². The van der Waals surface area contributed by atoms with Gasteiger partial charge in [0.1, 0.15) is 5.75 Å². The average molecular weight is 210 g/mol. The van der Waals surface area contributed by atoms with Crippen LogP contribution in [0.2, 0.25) is 0 Å². The van der Waals surface area contributed by atoms with Gasteiger partial charge >= 0.3 is 18.9 Å². The molecule has 1 aromatic heterocycles. The molecule has 0 atom stereocenters. The summed E-state index contributed by atoms with van der Waals surface area (Å²) in [4.78, 5) is 2.11.